The summed E-state index contributed by atoms with van der Waals surface area (Å²) in [5, 5.41) is 4.19. The zero-order valence-corrected chi connectivity index (χ0v) is 9.34. The van der Waals surface area contributed by atoms with E-state index in [1.54, 1.807) is 23.1 Å². The molecule has 0 N–H and O–H groups in total. The van der Waals surface area contributed by atoms with Gasteiger partial charge in [0.1, 0.15) is 0 Å². The van der Waals surface area contributed by atoms with Crippen LogP contribution >= 0.6 is 0 Å². The Balaban J connectivity index is 2.18. The van der Waals surface area contributed by atoms with Crippen LogP contribution in [-0.2, 0) is 13.5 Å². The van der Waals surface area contributed by atoms with E-state index < -0.39 is 0 Å². The number of aromatic nitrogens is 3. The van der Waals surface area contributed by atoms with Crippen molar-refractivity contribution in [2.45, 2.75) is 13.3 Å². The van der Waals surface area contributed by atoms with Gasteiger partial charge in [-0.1, -0.05) is 0 Å². The lowest BCUT2D eigenvalue weighted by Crippen LogP contribution is -2.06. The molecular formula is C12H13N3O. The predicted octanol–water partition coefficient (Wildman–Crippen LogP) is 1.55. The van der Waals surface area contributed by atoms with Crippen LogP contribution in [0.15, 0.2) is 30.7 Å². The van der Waals surface area contributed by atoms with Gasteiger partial charge in [0, 0.05) is 31.2 Å². The third-order valence-corrected chi connectivity index (χ3v) is 2.43. The molecule has 0 unspecified atom stereocenters. The Labute approximate surface area is 93.9 Å². The lowest BCUT2D eigenvalue weighted by Gasteiger charge is -2.02. The van der Waals surface area contributed by atoms with Gasteiger partial charge in [0.05, 0.1) is 12.1 Å². The van der Waals surface area contributed by atoms with Crippen LogP contribution < -0.4 is 0 Å². The van der Waals surface area contributed by atoms with Crippen molar-refractivity contribution < 1.29 is 4.79 Å². The second-order valence-corrected chi connectivity index (χ2v) is 3.77. The molecule has 0 bridgehead atoms. The molecule has 82 valence electrons. The molecule has 0 fully saturated rings. The normalized spacial score (nSPS) is 10.4. The van der Waals surface area contributed by atoms with Crippen LogP contribution in [0.5, 0.6) is 0 Å². The number of carbonyl (C=O) groups is 1. The zero-order valence-electron chi connectivity index (χ0n) is 9.34. The molecule has 0 saturated heterocycles. The maximum atomic E-state index is 12.0. The topological polar surface area (TPSA) is 47.8 Å². The van der Waals surface area contributed by atoms with E-state index in [2.05, 4.69) is 10.1 Å². The predicted molar refractivity (Wildman–Crippen MR) is 60.2 cm³/mol. The largest absolute Gasteiger partial charge is 0.294 e. The molecule has 0 aliphatic carbocycles. The Bertz CT molecular complexity index is 516. The van der Waals surface area contributed by atoms with E-state index in [9.17, 15) is 4.79 Å². The molecule has 2 heterocycles. The first-order valence-corrected chi connectivity index (χ1v) is 5.09. The zero-order chi connectivity index (χ0) is 11.5. The molecular weight excluding hydrogens is 202 g/mol. The van der Waals surface area contributed by atoms with E-state index in [1.807, 2.05) is 26.2 Å². The van der Waals surface area contributed by atoms with Crippen LogP contribution in [0.25, 0.3) is 0 Å². The smallest absolute Gasteiger partial charge is 0.169 e. The fraction of sp³-hybridized carbons (Fsp3) is 0.250. The summed E-state index contributed by atoms with van der Waals surface area (Å²) >= 11 is 0. The Morgan fingerprint density at radius 1 is 1.44 bits per heavy atom. The summed E-state index contributed by atoms with van der Waals surface area (Å²) in [7, 11) is 1.84. The number of ketones is 1. The molecule has 0 amide bonds. The van der Waals surface area contributed by atoms with Crippen molar-refractivity contribution >= 4 is 5.78 Å². The molecule has 0 atom stereocenters. The highest BCUT2D eigenvalue weighted by Crippen LogP contribution is 2.09. The number of pyridine rings is 1. The van der Waals surface area contributed by atoms with Gasteiger partial charge in [-0.05, 0) is 24.6 Å². The lowest BCUT2D eigenvalue weighted by molar-refractivity contribution is 0.0991. The Morgan fingerprint density at radius 2 is 2.25 bits per heavy atom. The molecule has 0 saturated carbocycles. The van der Waals surface area contributed by atoms with E-state index in [4.69, 9.17) is 0 Å². The summed E-state index contributed by atoms with van der Waals surface area (Å²) < 4.78 is 1.70. The number of aryl methyl sites for hydroxylation is 2. The summed E-state index contributed by atoms with van der Waals surface area (Å²) in [5.41, 5.74) is 2.42. The minimum Gasteiger partial charge on any atom is -0.294 e. The van der Waals surface area contributed by atoms with Crippen LogP contribution in [-0.4, -0.2) is 20.5 Å². The molecule has 0 aromatic carbocycles. The van der Waals surface area contributed by atoms with Crippen molar-refractivity contribution in [3.63, 3.8) is 0 Å². The van der Waals surface area contributed by atoms with Crippen molar-refractivity contribution in [1.29, 1.82) is 0 Å². The van der Waals surface area contributed by atoms with E-state index in [-0.39, 0.29) is 5.78 Å². The Kier molecular flexibility index (Phi) is 2.81. The van der Waals surface area contributed by atoms with E-state index >= 15 is 0 Å². The molecule has 0 spiro atoms. The van der Waals surface area contributed by atoms with Crippen molar-refractivity contribution in [2.75, 3.05) is 0 Å². The average Bonchev–Trinajstić information content (AvgIpc) is 2.64. The number of hydrogen-bond donors (Lipinski definition) is 0. The minimum absolute atomic E-state index is 0.0820. The van der Waals surface area contributed by atoms with Crippen LogP contribution in [0, 0.1) is 6.92 Å². The number of carbonyl (C=O) groups excluding carboxylic acids is 1. The summed E-state index contributed by atoms with van der Waals surface area (Å²) in [6.45, 7) is 1.89. The van der Waals surface area contributed by atoms with Gasteiger partial charge in [-0.2, -0.15) is 5.10 Å². The second-order valence-electron chi connectivity index (χ2n) is 3.77. The van der Waals surface area contributed by atoms with Crippen LogP contribution in [0.1, 0.15) is 21.6 Å². The molecule has 0 aliphatic heterocycles. The maximum Gasteiger partial charge on any atom is 0.169 e. The van der Waals surface area contributed by atoms with Gasteiger partial charge in [0.25, 0.3) is 0 Å². The highest BCUT2D eigenvalue weighted by Gasteiger charge is 2.10. The van der Waals surface area contributed by atoms with Crippen molar-refractivity contribution in [3.05, 3.63) is 47.5 Å². The third-order valence-electron chi connectivity index (χ3n) is 2.43. The van der Waals surface area contributed by atoms with Crippen molar-refractivity contribution in [3.8, 4) is 0 Å². The summed E-state index contributed by atoms with van der Waals surface area (Å²) in [4.78, 5) is 15.9. The maximum absolute atomic E-state index is 12.0. The lowest BCUT2D eigenvalue weighted by atomic mass is 10.0. The van der Waals surface area contributed by atoms with E-state index in [0.29, 0.717) is 6.42 Å². The molecule has 2 rings (SSSR count). The number of rotatable bonds is 3. The highest BCUT2D eigenvalue weighted by molar-refractivity contribution is 5.98. The number of nitrogens with zero attached hydrogens (tertiary/aromatic N) is 3. The molecule has 4 heteroatoms. The highest BCUT2D eigenvalue weighted by atomic mass is 16.1. The molecule has 2 aromatic rings. The third kappa shape index (κ3) is 2.16. The quantitative estimate of drug-likeness (QED) is 0.730. The van der Waals surface area contributed by atoms with Gasteiger partial charge < -0.3 is 0 Å². The molecule has 16 heavy (non-hydrogen) atoms. The second kappa shape index (κ2) is 4.26. The first kappa shape index (κ1) is 10.5. The first-order valence-electron chi connectivity index (χ1n) is 5.09. The van der Waals surface area contributed by atoms with Crippen molar-refractivity contribution in [1.82, 2.24) is 14.8 Å². The van der Waals surface area contributed by atoms with Crippen LogP contribution in [0.2, 0.25) is 0 Å². The standard InChI is InChI=1S/C12H13N3O/c1-9-8-13-5-3-11(9)12(16)7-10-4-6-15(2)14-10/h3-6,8H,7H2,1-2H3. The first-order chi connectivity index (χ1) is 7.66. The van der Waals surface area contributed by atoms with Gasteiger partial charge >= 0.3 is 0 Å². The fourth-order valence-corrected chi connectivity index (χ4v) is 1.60. The van der Waals surface area contributed by atoms with Crippen molar-refractivity contribution in [2.24, 2.45) is 7.05 Å². The fourth-order valence-electron chi connectivity index (χ4n) is 1.60. The van der Waals surface area contributed by atoms with Gasteiger partial charge in [-0.15, -0.1) is 0 Å². The van der Waals surface area contributed by atoms with Crippen LogP contribution in [0.3, 0.4) is 0 Å². The van der Waals surface area contributed by atoms with Gasteiger partial charge in [0.15, 0.2) is 5.78 Å². The van der Waals surface area contributed by atoms with E-state index in [0.717, 1.165) is 16.8 Å². The van der Waals surface area contributed by atoms with Gasteiger partial charge in [-0.3, -0.25) is 14.5 Å². The summed E-state index contributed by atoms with van der Waals surface area (Å²) in [5.74, 6) is 0.0820. The molecule has 4 nitrogen and oxygen atoms in total. The number of Topliss-reactive ketones (excluding diaryl/α,β-unsaturated/α-hetero) is 1. The van der Waals surface area contributed by atoms with E-state index in [1.165, 1.54) is 0 Å². The molecule has 2 aromatic heterocycles. The van der Waals surface area contributed by atoms with Gasteiger partial charge in [0.2, 0.25) is 0 Å². The average molecular weight is 215 g/mol. The summed E-state index contributed by atoms with van der Waals surface area (Å²) in [6, 6.07) is 3.61. The van der Waals surface area contributed by atoms with Crippen LogP contribution in [0.4, 0.5) is 0 Å². The Hall–Kier alpha value is -1.97. The Morgan fingerprint density at radius 3 is 2.88 bits per heavy atom. The summed E-state index contributed by atoms with van der Waals surface area (Å²) in [6.07, 6.45) is 5.51. The molecule has 0 aliphatic rings. The van der Waals surface area contributed by atoms with Gasteiger partial charge in [-0.25, -0.2) is 0 Å². The number of hydrogen-bond acceptors (Lipinski definition) is 3. The SMILES string of the molecule is Cc1cnccc1C(=O)Cc1ccn(C)n1. The minimum atomic E-state index is 0.0820. The monoisotopic (exact) mass is 215 g/mol. The molecule has 0 radical (unpaired) electrons.